The first-order chi connectivity index (χ1) is 31.7. The maximum Gasteiger partial charge on any atom is 0.196 e. The number of nitrogens with zero attached hydrogens (tertiary/aromatic N) is 8. The summed E-state index contributed by atoms with van der Waals surface area (Å²) in [7, 11) is 14.6. The fraction of sp³-hybridized carbons (Fsp3) is 0.417. The third-order valence-electron chi connectivity index (χ3n) is 10.1. The zero-order chi connectivity index (χ0) is 47.9. The van der Waals surface area contributed by atoms with E-state index in [0.717, 1.165) is 74.5 Å². The topological polar surface area (TPSA) is 164 Å². The van der Waals surface area contributed by atoms with Gasteiger partial charge in [0.05, 0.1) is 36.7 Å². The Labute approximate surface area is 397 Å². The summed E-state index contributed by atoms with van der Waals surface area (Å²) in [5.74, 6) is 6.03. The third kappa shape index (κ3) is 13.3. The lowest BCUT2D eigenvalue weighted by atomic mass is 9.98. The van der Waals surface area contributed by atoms with Crippen LogP contribution in [-0.2, 0) is 9.47 Å². The molecule has 0 fully saturated rings. The molecule has 18 heteroatoms. The molecule has 0 unspecified atom stereocenters. The van der Waals surface area contributed by atoms with Crippen LogP contribution in [0.3, 0.4) is 0 Å². The van der Waals surface area contributed by atoms with Crippen LogP contribution in [0.15, 0.2) is 83.1 Å². The number of ether oxygens (including phenoxy) is 6. The lowest BCUT2D eigenvalue weighted by molar-refractivity contribution is 0.0457. The van der Waals surface area contributed by atoms with Crippen molar-refractivity contribution < 1.29 is 38.6 Å². The minimum Gasteiger partial charge on any atom is -0.508 e. The maximum atomic E-state index is 10.6. The molecule has 0 saturated heterocycles. The van der Waals surface area contributed by atoms with Crippen LogP contribution in [0.25, 0.3) is 34.2 Å². The van der Waals surface area contributed by atoms with Crippen molar-refractivity contribution in [1.29, 1.82) is 0 Å². The zero-order valence-electron chi connectivity index (χ0n) is 40.1. The van der Waals surface area contributed by atoms with Crippen LogP contribution in [0.1, 0.15) is 50.7 Å². The molecule has 4 aromatic carbocycles. The van der Waals surface area contributed by atoms with E-state index in [1.165, 1.54) is 6.07 Å². The van der Waals surface area contributed by atoms with Crippen molar-refractivity contribution in [2.45, 2.75) is 49.8 Å². The van der Waals surface area contributed by atoms with Gasteiger partial charge in [-0.05, 0) is 112 Å². The second-order valence-corrected chi connectivity index (χ2v) is 18.3. The predicted octanol–water partition coefficient (Wildman–Crippen LogP) is 8.82. The SMILES string of the molecule is COCOc1cc(OCOC)c(C(C)C)cc1-c1nnc(SCCN(C)C)n1-c1ccc(OC)cc1.COc1ccc(-n2c(SCCN(C)C)nnc2-c2cc(C(C)C)c(O)cc2O)cc1. The number of rotatable bonds is 22. The monoisotopic (exact) mass is 944 g/mol. The largest absolute Gasteiger partial charge is 0.508 e. The number of hydrogen-bond acceptors (Lipinski definition) is 16. The number of phenols is 2. The maximum absolute atomic E-state index is 10.6. The normalized spacial score (nSPS) is 11.4. The lowest BCUT2D eigenvalue weighted by Crippen LogP contribution is -2.15. The molecule has 0 bridgehead atoms. The summed E-state index contributed by atoms with van der Waals surface area (Å²) < 4.78 is 36.8. The van der Waals surface area contributed by atoms with Gasteiger partial charge in [0.2, 0.25) is 0 Å². The fourth-order valence-electron chi connectivity index (χ4n) is 6.57. The molecule has 16 nitrogen and oxygen atoms in total. The van der Waals surface area contributed by atoms with Crippen molar-refractivity contribution in [3.63, 3.8) is 0 Å². The van der Waals surface area contributed by atoms with Crippen LogP contribution < -0.4 is 18.9 Å². The molecule has 0 saturated carbocycles. The van der Waals surface area contributed by atoms with E-state index in [2.05, 4.69) is 68.8 Å². The summed E-state index contributed by atoms with van der Waals surface area (Å²) in [5.41, 5.74) is 4.86. The van der Waals surface area contributed by atoms with E-state index >= 15 is 0 Å². The van der Waals surface area contributed by atoms with Gasteiger partial charge in [-0.1, -0.05) is 51.2 Å². The van der Waals surface area contributed by atoms with Gasteiger partial charge in [0, 0.05) is 50.9 Å². The van der Waals surface area contributed by atoms with E-state index < -0.39 is 0 Å². The number of hydrogen-bond donors (Lipinski definition) is 2. The van der Waals surface area contributed by atoms with Gasteiger partial charge < -0.3 is 48.4 Å². The minimum atomic E-state index is -0.0381. The van der Waals surface area contributed by atoms with Crippen LogP contribution in [0.4, 0.5) is 0 Å². The molecule has 0 aliphatic rings. The molecule has 0 aliphatic carbocycles. The number of thioether (sulfide) groups is 2. The fourth-order valence-corrected chi connectivity index (χ4v) is 8.69. The highest BCUT2D eigenvalue weighted by Gasteiger charge is 2.24. The molecule has 0 aliphatic heterocycles. The summed E-state index contributed by atoms with van der Waals surface area (Å²) in [6, 6.07) is 22.6. The van der Waals surface area contributed by atoms with E-state index in [0.29, 0.717) is 28.7 Å². The first-order valence-electron chi connectivity index (χ1n) is 21.4. The number of phenolic OH excluding ortho intramolecular Hbond substituents is 2. The highest BCUT2D eigenvalue weighted by atomic mass is 32.2. The summed E-state index contributed by atoms with van der Waals surface area (Å²) in [4.78, 5) is 4.26. The van der Waals surface area contributed by atoms with E-state index in [-0.39, 0.29) is 36.9 Å². The molecule has 2 N–H and O–H groups in total. The van der Waals surface area contributed by atoms with Gasteiger partial charge in [-0.25, -0.2) is 0 Å². The average molecular weight is 945 g/mol. The zero-order valence-corrected chi connectivity index (χ0v) is 41.7. The Morgan fingerprint density at radius 1 is 0.545 bits per heavy atom. The number of methoxy groups -OCH3 is 4. The molecule has 0 amide bonds. The second kappa shape index (κ2) is 24.9. The van der Waals surface area contributed by atoms with Gasteiger partial charge in [-0.2, -0.15) is 0 Å². The Morgan fingerprint density at radius 3 is 1.41 bits per heavy atom. The van der Waals surface area contributed by atoms with Crippen molar-refractivity contribution in [2.75, 3.05) is 94.8 Å². The predicted molar refractivity (Wildman–Crippen MR) is 262 cm³/mol. The van der Waals surface area contributed by atoms with E-state index in [1.54, 1.807) is 58.0 Å². The first-order valence-corrected chi connectivity index (χ1v) is 23.4. The molecule has 66 heavy (non-hydrogen) atoms. The highest BCUT2D eigenvalue weighted by molar-refractivity contribution is 7.99. The molecule has 6 aromatic rings. The summed E-state index contributed by atoms with van der Waals surface area (Å²) in [6.07, 6.45) is 0. The van der Waals surface area contributed by atoms with Crippen molar-refractivity contribution in [2.24, 2.45) is 0 Å². The second-order valence-electron chi connectivity index (χ2n) is 16.2. The summed E-state index contributed by atoms with van der Waals surface area (Å²) in [6.45, 7) is 10.3. The van der Waals surface area contributed by atoms with Gasteiger partial charge in [0.15, 0.2) is 35.5 Å². The Balaban J connectivity index is 0.000000251. The molecule has 356 valence electrons. The quantitative estimate of drug-likeness (QED) is 0.0490. The van der Waals surface area contributed by atoms with Gasteiger partial charge in [0.1, 0.15) is 34.5 Å². The minimum absolute atomic E-state index is 0.0381. The van der Waals surface area contributed by atoms with E-state index in [4.69, 9.17) is 28.4 Å². The van der Waals surface area contributed by atoms with Gasteiger partial charge >= 0.3 is 0 Å². The molecule has 6 rings (SSSR count). The van der Waals surface area contributed by atoms with Crippen LogP contribution in [0, 0.1) is 0 Å². The molecular formula is C48H64N8O8S2. The molecular weight excluding hydrogens is 881 g/mol. The van der Waals surface area contributed by atoms with Crippen LogP contribution in [0.2, 0.25) is 0 Å². The molecule has 0 atom stereocenters. The van der Waals surface area contributed by atoms with Crippen LogP contribution in [0.5, 0.6) is 34.5 Å². The van der Waals surface area contributed by atoms with Crippen LogP contribution >= 0.6 is 23.5 Å². The standard InChI is InChI=1S/C26H36N4O5S.C22H28N4O3S/c1-18(2)21-14-22(24(35-17-32-6)15-23(21)34-16-31-5)25-27-28-26(36-13-12-29(3)4)30(25)19-8-10-20(33-7)11-9-19;1-14(2)17-12-18(20(28)13-19(17)27)21-23-24-22(30-11-10-25(3)4)26(21)15-6-8-16(29-5)9-7-15/h8-11,14-15,18H,12-13,16-17H2,1-7H3;6-9,12-14,27-28H,10-11H2,1-5H3. The molecule has 2 heterocycles. The van der Waals surface area contributed by atoms with E-state index in [9.17, 15) is 10.2 Å². The van der Waals surface area contributed by atoms with Gasteiger partial charge in [-0.3, -0.25) is 9.13 Å². The Morgan fingerprint density at radius 2 is 0.985 bits per heavy atom. The Bertz CT molecular complexity index is 2440. The average Bonchev–Trinajstić information content (AvgIpc) is 3.91. The van der Waals surface area contributed by atoms with Crippen molar-refractivity contribution >= 4 is 23.5 Å². The number of aromatic hydroxyl groups is 2. The lowest BCUT2D eigenvalue weighted by Gasteiger charge is -2.19. The van der Waals surface area contributed by atoms with Crippen molar-refractivity contribution in [1.82, 2.24) is 39.3 Å². The highest BCUT2D eigenvalue weighted by Crippen LogP contribution is 2.42. The molecule has 0 spiro atoms. The summed E-state index contributed by atoms with van der Waals surface area (Å²) >= 11 is 3.25. The third-order valence-corrected chi connectivity index (χ3v) is 11.9. The van der Waals surface area contributed by atoms with Crippen molar-refractivity contribution in [3.8, 4) is 68.6 Å². The summed E-state index contributed by atoms with van der Waals surface area (Å²) in [5, 5.41) is 40.3. The Hall–Kier alpha value is -5.50. The molecule has 2 aromatic heterocycles. The van der Waals surface area contributed by atoms with Crippen LogP contribution in [-0.4, -0.2) is 144 Å². The van der Waals surface area contributed by atoms with Crippen molar-refractivity contribution in [3.05, 3.63) is 83.9 Å². The number of aromatic nitrogens is 6. The van der Waals surface area contributed by atoms with E-state index in [1.807, 2.05) is 87.1 Å². The van der Waals surface area contributed by atoms with Gasteiger partial charge in [-0.15, -0.1) is 20.4 Å². The first kappa shape index (κ1) is 51.5. The molecule has 0 radical (unpaired) electrons. The smallest absolute Gasteiger partial charge is 0.196 e. The number of benzene rings is 4. The van der Waals surface area contributed by atoms with Gasteiger partial charge in [0.25, 0.3) is 0 Å². The Kier molecular flexibility index (Phi) is 19.4.